The fourth-order valence-electron chi connectivity index (χ4n) is 3.08. The van der Waals surface area contributed by atoms with Gasteiger partial charge in [-0.05, 0) is 12.5 Å². The van der Waals surface area contributed by atoms with Crippen LogP contribution < -0.4 is 0 Å². The molecule has 0 saturated heterocycles. The molecule has 1 aliphatic rings. The van der Waals surface area contributed by atoms with E-state index in [1.165, 1.54) is 11.9 Å². The van der Waals surface area contributed by atoms with Crippen molar-refractivity contribution in [1.29, 1.82) is 0 Å². The highest BCUT2D eigenvalue weighted by molar-refractivity contribution is 7.97. The maximum Gasteiger partial charge on any atom is 0.233 e. The van der Waals surface area contributed by atoms with Gasteiger partial charge in [0.15, 0.2) is 0 Å². The average Bonchev–Trinajstić information content (AvgIpc) is 3.32. The predicted octanol–water partition coefficient (Wildman–Crippen LogP) is 2.09. The Labute approximate surface area is 155 Å². The molecule has 2 N–H and O–H groups in total. The largest absolute Gasteiger partial charge is 0.395 e. The second-order valence-corrected chi connectivity index (χ2v) is 7.28. The Balaban J connectivity index is 1.46. The van der Waals surface area contributed by atoms with Crippen molar-refractivity contribution in [3.63, 3.8) is 0 Å². The van der Waals surface area contributed by atoms with Crippen LogP contribution in [0.1, 0.15) is 28.3 Å². The number of aryl methyl sites for hydroxylation is 1. The number of rotatable bonds is 5. The van der Waals surface area contributed by atoms with Crippen molar-refractivity contribution in [2.45, 2.75) is 31.0 Å². The number of aromatic amines is 1. The Morgan fingerprint density at radius 2 is 2.15 bits per heavy atom. The maximum absolute atomic E-state index is 12.8. The summed E-state index contributed by atoms with van der Waals surface area (Å²) in [6.07, 6.45) is 3.72. The Hall–Kier alpha value is -2.58. The molecule has 3 heterocycles. The molecule has 1 aliphatic heterocycles. The fourth-order valence-corrected chi connectivity index (χ4v) is 3.88. The van der Waals surface area contributed by atoms with Crippen molar-refractivity contribution < 1.29 is 9.90 Å². The normalized spacial score (nSPS) is 14.5. The van der Waals surface area contributed by atoms with Crippen LogP contribution in [-0.2, 0) is 17.9 Å². The number of nitrogens with zero attached hydrogens (tertiary/aromatic N) is 4. The molecule has 8 heteroatoms. The highest BCUT2D eigenvalue weighted by atomic mass is 32.2. The molecule has 7 nitrogen and oxygen atoms in total. The lowest BCUT2D eigenvalue weighted by Crippen LogP contribution is -2.32. The SMILES string of the molecule is Cc1cn[nH]c1Sn1cc2c(n1)CN(C(=O)C(CO)c1ccccc1)C2. The molecule has 2 aromatic heterocycles. The van der Waals surface area contributed by atoms with Crippen LogP contribution in [0.4, 0.5) is 0 Å². The number of aliphatic hydroxyl groups is 1. The zero-order valence-corrected chi connectivity index (χ0v) is 15.1. The fraction of sp³-hybridized carbons (Fsp3) is 0.278. The van der Waals surface area contributed by atoms with Crippen molar-refractivity contribution >= 4 is 17.9 Å². The summed E-state index contributed by atoms with van der Waals surface area (Å²) in [6.45, 7) is 2.76. The Morgan fingerprint density at radius 3 is 2.81 bits per heavy atom. The highest BCUT2D eigenvalue weighted by Crippen LogP contribution is 2.29. The minimum atomic E-state index is -0.533. The van der Waals surface area contributed by atoms with Gasteiger partial charge in [0.25, 0.3) is 0 Å². The lowest BCUT2D eigenvalue weighted by Gasteiger charge is -2.22. The smallest absolute Gasteiger partial charge is 0.233 e. The number of aliphatic hydroxyl groups excluding tert-OH is 1. The third-order valence-corrected chi connectivity index (χ3v) is 5.49. The van der Waals surface area contributed by atoms with Crippen LogP contribution in [0.5, 0.6) is 0 Å². The van der Waals surface area contributed by atoms with Crippen LogP contribution in [0.2, 0.25) is 0 Å². The molecule has 1 aromatic carbocycles. The van der Waals surface area contributed by atoms with E-state index in [1.54, 1.807) is 15.2 Å². The molecule has 1 atom stereocenters. The molecule has 26 heavy (non-hydrogen) atoms. The molecular formula is C18H19N5O2S. The van der Waals surface area contributed by atoms with Crippen molar-refractivity contribution in [3.8, 4) is 0 Å². The summed E-state index contributed by atoms with van der Waals surface area (Å²) in [5.41, 5.74) is 3.83. The Kier molecular flexibility index (Phi) is 4.52. The third kappa shape index (κ3) is 3.13. The molecule has 0 radical (unpaired) electrons. The molecule has 1 unspecified atom stereocenters. The molecule has 0 fully saturated rings. The standard InChI is InChI=1S/C18H19N5O2S/c1-12-7-19-20-17(12)26-23-9-14-8-22(10-16(14)21-23)18(25)15(11-24)13-5-3-2-4-6-13/h2-7,9,15,24H,8,10-11H2,1H3,(H,19,20). The molecular weight excluding hydrogens is 350 g/mol. The van der Waals surface area contributed by atoms with E-state index in [0.717, 1.165) is 27.4 Å². The first-order chi connectivity index (χ1) is 12.7. The molecule has 3 aromatic rings. The lowest BCUT2D eigenvalue weighted by molar-refractivity contribution is -0.134. The summed E-state index contributed by atoms with van der Waals surface area (Å²) in [7, 11) is 0. The van der Waals surface area contributed by atoms with Crippen molar-refractivity contribution in [2.75, 3.05) is 6.61 Å². The lowest BCUT2D eigenvalue weighted by atomic mass is 9.98. The second kappa shape index (κ2) is 6.97. The van der Waals surface area contributed by atoms with E-state index < -0.39 is 5.92 Å². The van der Waals surface area contributed by atoms with Gasteiger partial charge >= 0.3 is 0 Å². The van der Waals surface area contributed by atoms with Gasteiger partial charge in [-0.3, -0.25) is 9.89 Å². The number of fused-ring (bicyclic) bond motifs is 1. The van der Waals surface area contributed by atoms with E-state index in [2.05, 4.69) is 15.3 Å². The van der Waals surface area contributed by atoms with Crippen molar-refractivity contribution in [1.82, 2.24) is 24.3 Å². The van der Waals surface area contributed by atoms with Gasteiger partial charge in [-0.2, -0.15) is 10.2 Å². The number of benzene rings is 1. The zero-order valence-electron chi connectivity index (χ0n) is 14.3. The average molecular weight is 369 g/mol. The van der Waals surface area contributed by atoms with Crippen LogP contribution in [-0.4, -0.2) is 41.9 Å². The summed E-state index contributed by atoms with van der Waals surface area (Å²) in [6, 6.07) is 9.40. The van der Waals surface area contributed by atoms with E-state index in [-0.39, 0.29) is 12.5 Å². The first-order valence-corrected chi connectivity index (χ1v) is 9.13. The van der Waals surface area contributed by atoms with E-state index in [9.17, 15) is 9.90 Å². The topological polar surface area (TPSA) is 87.0 Å². The third-order valence-electron chi connectivity index (χ3n) is 4.52. The highest BCUT2D eigenvalue weighted by Gasteiger charge is 2.31. The van der Waals surface area contributed by atoms with Crippen LogP contribution in [0.15, 0.2) is 47.8 Å². The molecule has 0 bridgehead atoms. The summed E-state index contributed by atoms with van der Waals surface area (Å²) in [4.78, 5) is 14.6. The van der Waals surface area contributed by atoms with Gasteiger partial charge in [0.2, 0.25) is 5.91 Å². The van der Waals surface area contributed by atoms with Gasteiger partial charge in [-0.25, -0.2) is 4.09 Å². The number of aromatic nitrogens is 4. The van der Waals surface area contributed by atoms with Crippen LogP contribution >= 0.6 is 11.9 Å². The van der Waals surface area contributed by atoms with E-state index in [0.29, 0.717) is 13.1 Å². The van der Waals surface area contributed by atoms with Gasteiger partial charge in [-0.1, -0.05) is 30.3 Å². The number of nitrogens with one attached hydrogen (secondary N) is 1. The molecule has 0 spiro atoms. The number of hydrogen-bond acceptors (Lipinski definition) is 5. The number of H-pyrrole nitrogens is 1. The Bertz CT molecular complexity index is 897. The zero-order chi connectivity index (χ0) is 18.1. The van der Waals surface area contributed by atoms with E-state index in [1.807, 2.05) is 43.5 Å². The predicted molar refractivity (Wildman–Crippen MR) is 97.3 cm³/mol. The summed E-state index contributed by atoms with van der Waals surface area (Å²) < 4.78 is 1.80. The monoisotopic (exact) mass is 369 g/mol. The minimum absolute atomic E-state index is 0.0692. The quantitative estimate of drug-likeness (QED) is 0.719. The van der Waals surface area contributed by atoms with Gasteiger partial charge in [-0.15, -0.1) is 0 Å². The first-order valence-electron chi connectivity index (χ1n) is 8.36. The number of hydrogen-bond donors (Lipinski definition) is 2. The number of amides is 1. The summed E-state index contributed by atoms with van der Waals surface area (Å²) >= 11 is 1.47. The molecule has 0 saturated carbocycles. The second-order valence-electron chi connectivity index (χ2n) is 6.32. The summed E-state index contributed by atoms with van der Waals surface area (Å²) in [5.74, 6) is -0.602. The van der Waals surface area contributed by atoms with E-state index >= 15 is 0 Å². The molecule has 1 amide bonds. The Morgan fingerprint density at radius 1 is 1.35 bits per heavy atom. The van der Waals surface area contributed by atoms with Crippen LogP contribution in [0, 0.1) is 6.92 Å². The van der Waals surface area contributed by atoms with Gasteiger partial charge in [0.1, 0.15) is 5.03 Å². The van der Waals surface area contributed by atoms with Gasteiger partial charge < -0.3 is 10.0 Å². The maximum atomic E-state index is 12.8. The van der Waals surface area contributed by atoms with Crippen molar-refractivity contribution in [3.05, 3.63) is 65.1 Å². The van der Waals surface area contributed by atoms with Crippen LogP contribution in [0.3, 0.4) is 0 Å². The summed E-state index contributed by atoms with van der Waals surface area (Å²) in [5, 5.41) is 22.2. The van der Waals surface area contributed by atoms with Crippen LogP contribution in [0.25, 0.3) is 0 Å². The number of carbonyl (C=O) groups is 1. The van der Waals surface area contributed by atoms with E-state index in [4.69, 9.17) is 0 Å². The molecule has 4 rings (SSSR count). The van der Waals surface area contributed by atoms with Crippen molar-refractivity contribution in [2.24, 2.45) is 0 Å². The minimum Gasteiger partial charge on any atom is -0.395 e. The molecule has 0 aliphatic carbocycles. The van der Waals surface area contributed by atoms with Gasteiger partial charge in [0, 0.05) is 35.8 Å². The van der Waals surface area contributed by atoms with Gasteiger partial charge in [0.05, 0.1) is 31.0 Å². The number of carbonyl (C=O) groups excluding carboxylic acids is 1. The molecule has 134 valence electrons. The first kappa shape index (κ1) is 16.9.